The summed E-state index contributed by atoms with van der Waals surface area (Å²) in [5, 5.41) is 2.97. The molecule has 0 saturated carbocycles. The largest absolute Gasteiger partial charge is 0.497 e. The van der Waals surface area contributed by atoms with Gasteiger partial charge in [0.2, 0.25) is 11.8 Å². The van der Waals surface area contributed by atoms with Crippen LogP contribution in [-0.2, 0) is 9.59 Å². The Bertz CT molecular complexity index is 994. The van der Waals surface area contributed by atoms with Gasteiger partial charge in [0.1, 0.15) is 16.7 Å². The summed E-state index contributed by atoms with van der Waals surface area (Å²) in [5.41, 5.74) is 1.38. The van der Waals surface area contributed by atoms with Gasteiger partial charge in [0.15, 0.2) is 5.17 Å². The molecule has 0 bridgehead atoms. The Morgan fingerprint density at radius 2 is 1.88 bits per heavy atom. The maximum atomic E-state index is 12.9. The van der Waals surface area contributed by atoms with Gasteiger partial charge in [-0.15, -0.1) is 0 Å². The molecule has 1 aliphatic rings. The van der Waals surface area contributed by atoms with Gasteiger partial charge in [0, 0.05) is 24.7 Å². The van der Waals surface area contributed by atoms with E-state index in [4.69, 9.17) is 9.47 Å². The van der Waals surface area contributed by atoms with Gasteiger partial charge in [-0.25, -0.2) is 4.99 Å². The summed E-state index contributed by atoms with van der Waals surface area (Å²) in [6.45, 7) is 5.27. The first-order chi connectivity index (χ1) is 16.5. The number of nitrogens with one attached hydrogen (secondary N) is 1. The minimum Gasteiger partial charge on any atom is -0.497 e. The molecule has 2 amide bonds. The molecule has 1 fully saturated rings. The smallest absolute Gasteiger partial charge is 0.242 e. The highest BCUT2D eigenvalue weighted by molar-refractivity contribution is 8.15. The van der Waals surface area contributed by atoms with E-state index in [1.54, 1.807) is 12.0 Å². The molecule has 34 heavy (non-hydrogen) atoms. The second-order valence-corrected chi connectivity index (χ2v) is 9.14. The van der Waals surface area contributed by atoms with Gasteiger partial charge in [-0.05, 0) is 49.7 Å². The summed E-state index contributed by atoms with van der Waals surface area (Å²) < 4.78 is 11.0. The van der Waals surface area contributed by atoms with Crippen molar-refractivity contribution in [2.24, 2.45) is 4.99 Å². The molecule has 1 saturated heterocycles. The maximum absolute atomic E-state index is 12.9. The topological polar surface area (TPSA) is 80.2 Å². The molecule has 0 aromatic heterocycles. The van der Waals surface area contributed by atoms with E-state index in [1.165, 1.54) is 31.0 Å². The van der Waals surface area contributed by atoms with Gasteiger partial charge in [0.25, 0.3) is 0 Å². The Morgan fingerprint density at radius 3 is 2.59 bits per heavy atom. The minimum atomic E-state index is -0.505. The highest BCUT2D eigenvalue weighted by Crippen LogP contribution is 2.32. The van der Waals surface area contributed by atoms with Gasteiger partial charge in [0.05, 0.1) is 19.4 Å². The number of hydrogen-bond acceptors (Lipinski definition) is 6. The van der Waals surface area contributed by atoms with Crippen molar-refractivity contribution in [3.05, 3.63) is 48.5 Å². The standard InChI is InChI=1S/C26H33N3O4S/c1-4-6-7-8-16-33-21-14-12-19(13-15-21)27-24(30)18-23-25(31)29(5-2)26(34-23)28-20-10-9-11-22(17-20)32-3/h9-15,17,23H,4-8,16,18H2,1-3H3,(H,27,30). The van der Waals surface area contributed by atoms with Crippen molar-refractivity contribution in [2.75, 3.05) is 25.6 Å². The molecule has 182 valence electrons. The molecule has 1 aliphatic heterocycles. The molecule has 1 N–H and O–H groups in total. The van der Waals surface area contributed by atoms with Crippen molar-refractivity contribution in [2.45, 2.75) is 51.2 Å². The van der Waals surface area contributed by atoms with E-state index >= 15 is 0 Å². The van der Waals surface area contributed by atoms with Crippen molar-refractivity contribution in [1.29, 1.82) is 0 Å². The number of carbonyl (C=O) groups excluding carboxylic acids is 2. The normalized spacial score (nSPS) is 16.7. The number of methoxy groups -OCH3 is 1. The number of thioether (sulfide) groups is 1. The second-order valence-electron chi connectivity index (χ2n) is 7.97. The number of unbranched alkanes of at least 4 members (excludes halogenated alkanes) is 3. The number of benzene rings is 2. The minimum absolute atomic E-state index is 0.0762. The summed E-state index contributed by atoms with van der Waals surface area (Å²) in [7, 11) is 1.60. The number of ether oxygens (including phenoxy) is 2. The molecule has 8 heteroatoms. The van der Waals surface area contributed by atoms with Crippen LogP contribution in [0, 0.1) is 0 Å². The predicted molar refractivity (Wildman–Crippen MR) is 138 cm³/mol. The summed E-state index contributed by atoms with van der Waals surface area (Å²) in [6, 6.07) is 14.7. The van der Waals surface area contributed by atoms with Gasteiger partial charge < -0.3 is 14.8 Å². The number of amidine groups is 1. The Hall–Kier alpha value is -3.00. The average Bonchev–Trinajstić information content (AvgIpc) is 3.13. The van der Waals surface area contributed by atoms with Crippen molar-refractivity contribution in [1.82, 2.24) is 4.90 Å². The van der Waals surface area contributed by atoms with Crippen molar-refractivity contribution in [3.63, 3.8) is 0 Å². The van der Waals surface area contributed by atoms with Crippen molar-refractivity contribution >= 4 is 40.1 Å². The van der Waals surface area contributed by atoms with Crippen LogP contribution in [0.5, 0.6) is 11.5 Å². The van der Waals surface area contributed by atoms with E-state index < -0.39 is 5.25 Å². The zero-order valence-corrected chi connectivity index (χ0v) is 20.9. The Kier molecular flexibility index (Phi) is 9.82. The molecule has 2 aromatic rings. The first-order valence-electron chi connectivity index (χ1n) is 11.8. The molecule has 0 aliphatic carbocycles. The molecule has 1 heterocycles. The van der Waals surface area contributed by atoms with Gasteiger partial charge in [-0.2, -0.15) is 0 Å². The zero-order chi connectivity index (χ0) is 24.3. The summed E-state index contributed by atoms with van der Waals surface area (Å²) >= 11 is 1.32. The second kappa shape index (κ2) is 13.0. The van der Waals surface area contributed by atoms with Crippen LogP contribution >= 0.6 is 11.8 Å². The number of amides is 2. The number of aliphatic imine (C=N–C) groups is 1. The van der Waals surface area contributed by atoms with E-state index in [2.05, 4.69) is 17.2 Å². The molecule has 2 aromatic carbocycles. The molecule has 7 nitrogen and oxygen atoms in total. The van der Waals surface area contributed by atoms with Crippen LogP contribution < -0.4 is 14.8 Å². The first-order valence-corrected chi connectivity index (χ1v) is 12.7. The van der Waals surface area contributed by atoms with E-state index in [0.29, 0.717) is 35.4 Å². The third-order valence-corrected chi connectivity index (χ3v) is 6.57. The lowest BCUT2D eigenvalue weighted by Crippen LogP contribution is -2.33. The SMILES string of the molecule is CCCCCCOc1ccc(NC(=O)CC2SC(=Nc3cccc(OC)c3)N(CC)C2=O)cc1. The Morgan fingerprint density at radius 1 is 1.09 bits per heavy atom. The summed E-state index contributed by atoms with van der Waals surface area (Å²) in [4.78, 5) is 31.7. The third-order valence-electron chi connectivity index (χ3n) is 5.39. The molecule has 3 rings (SSSR count). The lowest BCUT2D eigenvalue weighted by atomic mass is 10.2. The van der Waals surface area contributed by atoms with Gasteiger partial charge in [-0.1, -0.05) is 44.0 Å². The fourth-order valence-electron chi connectivity index (χ4n) is 3.54. The van der Waals surface area contributed by atoms with Crippen LogP contribution in [0.1, 0.15) is 46.0 Å². The van der Waals surface area contributed by atoms with Crippen LogP contribution in [-0.4, -0.2) is 47.4 Å². The van der Waals surface area contributed by atoms with Crippen LogP contribution in [0.4, 0.5) is 11.4 Å². The monoisotopic (exact) mass is 483 g/mol. The van der Waals surface area contributed by atoms with Crippen LogP contribution in [0.15, 0.2) is 53.5 Å². The molecule has 1 atom stereocenters. The molecule has 0 radical (unpaired) electrons. The number of anilines is 1. The molecular formula is C26H33N3O4S. The lowest BCUT2D eigenvalue weighted by molar-refractivity contribution is -0.128. The molecule has 1 unspecified atom stereocenters. The predicted octanol–water partition coefficient (Wildman–Crippen LogP) is 5.63. The highest BCUT2D eigenvalue weighted by atomic mass is 32.2. The highest BCUT2D eigenvalue weighted by Gasteiger charge is 2.38. The summed E-state index contributed by atoms with van der Waals surface area (Å²) in [6.07, 6.45) is 4.71. The van der Waals surface area contributed by atoms with Gasteiger partial charge in [-0.3, -0.25) is 14.5 Å². The number of rotatable bonds is 12. The number of nitrogens with zero attached hydrogens (tertiary/aromatic N) is 2. The van der Waals surface area contributed by atoms with E-state index in [-0.39, 0.29) is 18.2 Å². The average molecular weight is 484 g/mol. The van der Waals surface area contributed by atoms with Gasteiger partial charge >= 0.3 is 0 Å². The fraction of sp³-hybridized carbons (Fsp3) is 0.423. The van der Waals surface area contributed by atoms with Crippen molar-refractivity contribution in [3.8, 4) is 11.5 Å². The zero-order valence-electron chi connectivity index (χ0n) is 20.1. The maximum Gasteiger partial charge on any atom is 0.242 e. The summed E-state index contributed by atoms with van der Waals surface area (Å²) in [5.74, 6) is 1.17. The van der Waals surface area contributed by atoms with E-state index in [1.807, 2.05) is 55.5 Å². The molecular weight excluding hydrogens is 450 g/mol. The first kappa shape index (κ1) is 25.6. The fourth-order valence-corrected chi connectivity index (χ4v) is 4.76. The number of carbonyl (C=O) groups is 2. The van der Waals surface area contributed by atoms with Crippen LogP contribution in [0.25, 0.3) is 0 Å². The van der Waals surface area contributed by atoms with E-state index in [9.17, 15) is 9.59 Å². The quantitative estimate of drug-likeness (QED) is 0.396. The third kappa shape index (κ3) is 7.25. The Labute approximate surface area is 205 Å². The number of hydrogen-bond donors (Lipinski definition) is 1. The Balaban J connectivity index is 1.55. The van der Waals surface area contributed by atoms with Crippen LogP contribution in [0.3, 0.4) is 0 Å². The molecule has 0 spiro atoms. The lowest BCUT2D eigenvalue weighted by Gasteiger charge is -2.13. The van der Waals surface area contributed by atoms with Crippen LogP contribution in [0.2, 0.25) is 0 Å². The van der Waals surface area contributed by atoms with E-state index in [0.717, 1.165) is 12.2 Å². The van der Waals surface area contributed by atoms with Crippen molar-refractivity contribution < 1.29 is 19.1 Å².